The van der Waals surface area contributed by atoms with E-state index in [0.29, 0.717) is 19.6 Å². The van der Waals surface area contributed by atoms with Crippen LogP contribution in [0, 0.1) is 5.41 Å². The fourth-order valence-corrected chi connectivity index (χ4v) is 7.77. The van der Waals surface area contributed by atoms with Gasteiger partial charge in [-0.2, -0.15) is 0 Å². The van der Waals surface area contributed by atoms with Crippen molar-refractivity contribution in [1.29, 1.82) is 0 Å². The Morgan fingerprint density at radius 1 is 1.03 bits per heavy atom. The molecule has 1 saturated heterocycles. The highest BCUT2D eigenvalue weighted by molar-refractivity contribution is 7.54. The molecule has 0 bridgehead atoms. The fraction of sp³-hybridized carbons (Fsp3) is 0.958. The summed E-state index contributed by atoms with van der Waals surface area (Å²) in [5.41, 5.74) is -0.618. The molecule has 1 rings (SSSR count). The second kappa shape index (κ2) is 13.3. The Kier molecular flexibility index (Phi) is 12.3. The van der Waals surface area contributed by atoms with Crippen molar-refractivity contribution in [3.8, 4) is 0 Å². The fourth-order valence-electron chi connectivity index (χ4n) is 4.85. The van der Waals surface area contributed by atoms with Crippen molar-refractivity contribution in [2.24, 2.45) is 5.41 Å². The number of ether oxygens (including phenoxy) is 1. The van der Waals surface area contributed by atoms with Crippen molar-refractivity contribution >= 4 is 13.6 Å². The van der Waals surface area contributed by atoms with E-state index in [2.05, 4.69) is 50.9 Å². The van der Waals surface area contributed by atoms with Crippen molar-refractivity contribution < 1.29 is 18.6 Å². The van der Waals surface area contributed by atoms with Crippen molar-refractivity contribution in [3.05, 3.63) is 0 Å². The first-order valence-electron chi connectivity index (χ1n) is 12.5. The smallest absolute Gasteiger partial charge is 0.346 e. The van der Waals surface area contributed by atoms with Crippen molar-refractivity contribution in [2.75, 3.05) is 32.8 Å². The van der Waals surface area contributed by atoms with E-state index < -0.39 is 7.67 Å². The van der Waals surface area contributed by atoms with Crippen LogP contribution in [0.3, 0.4) is 0 Å². The van der Waals surface area contributed by atoms with Crippen LogP contribution in [-0.4, -0.2) is 53.7 Å². The normalized spacial score (nSPS) is 20.9. The van der Waals surface area contributed by atoms with E-state index in [1.54, 1.807) is 0 Å². The van der Waals surface area contributed by atoms with Gasteiger partial charge in [0.25, 0.3) is 0 Å². The summed E-state index contributed by atoms with van der Waals surface area (Å²) in [6.07, 6.45) is 8.63. The number of unbranched alkanes of at least 4 members (excludes halogenated alkanes) is 4. The first kappa shape index (κ1) is 28.6. The summed E-state index contributed by atoms with van der Waals surface area (Å²) in [5.74, 6) is -0.165. The lowest BCUT2D eigenvalue weighted by atomic mass is 9.77. The average molecular weight is 461 g/mol. The quantitative estimate of drug-likeness (QED) is 0.155. The van der Waals surface area contributed by atoms with Gasteiger partial charge >= 0.3 is 13.6 Å². The van der Waals surface area contributed by atoms with E-state index in [9.17, 15) is 9.36 Å². The van der Waals surface area contributed by atoms with Gasteiger partial charge in [-0.3, -0.25) is 9.36 Å². The van der Waals surface area contributed by atoms with Gasteiger partial charge in [0, 0.05) is 25.2 Å². The van der Waals surface area contributed by atoms with Gasteiger partial charge in [0.05, 0.1) is 19.6 Å². The van der Waals surface area contributed by atoms with Crippen LogP contribution in [-0.2, 0) is 18.6 Å². The van der Waals surface area contributed by atoms with E-state index in [-0.39, 0.29) is 16.9 Å². The molecule has 0 spiro atoms. The summed E-state index contributed by atoms with van der Waals surface area (Å²) in [5, 5.41) is 0. The molecule has 0 amide bonds. The second-order valence-corrected chi connectivity index (χ2v) is 12.6. The van der Waals surface area contributed by atoms with E-state index in [0.717, 1.165) is 71.0 Å². The molecule has 184 valence electrons. The zero-order valence-electron chi connectivity index (χ0n) is 21.4. The molecule has 0 N–H and O–H groups in total. The first-order chi connectivity index (χ1) is 14.5. The summed E-state index contributed by atoms with van der Waals surface area (Å²) < 4.78 is 30.1. The molecule has 31 heavy (non-hydrogen) atoms. The van der Waals surface area contributed by atoms with Gasteiger partial charge in [0.2, 0.25) is 0 Å². The maximum Gasteiger partial charge on any atom is 0.346 e. The Bertz CT molecular complexity index is 570. The van der Waals surface area contributed by atoms with Gasteiger partial charge in [-0.15, -0.1) is 0 Å². The first-order valence-corrected chi connectivity index (χ1v) is 14.0. The van der Waals surface area contributed by atoms with Gasteiger partial charge in [-0.25, -0.2) is 9.34 Å². The predicted molar refractivity (Wildman–Crippen MR) is 129 cm³/mol. The molecule has 1 aliphatic heterocycles. The van der Waals surface area contributed by atoms with E-state index in [1.807, 2.05) is 6.92 Å². The molecule has 1 atom stereocenters. The Morgan fingerprint density at radius 3 is 2.13 bits per heavy atom. The Morgan fingerprint density at radius 2 is 1.61 bits per heavy atom. The van der Waals surface area contributed by atoms with Gasteiger partial charge < -0.3 is 9.26 Å². The van der Waals surface area contributed by atoms with E-state index >= 15 is 0 Å². The minimum Gasteiger partial charge on any atom is -0.466 e. The lowest BCUT2D eigenvalue weighted by molar-refractivity contribution is -0.145. The molecule has 1 aliphatic rings. The number of esters is 1. The third kappa shape index (κ3) is 9.15. The number of hydrogen-bond donors (Lipinski definition) is 0. The summed E-state index contributed by atoms with van der Waals surface area (Å²) in [7, 11) is -3.12. The van der Waals surface area contributed by atoms with Gasteiger partial charge in [-0.05, 0) is 51.9 Å². The molecular weight excluding hydrogens is 411 g/mol. The minimum absolute atomic E-state index is 0.165. The van der Waals surface area contributed by atoms with E-state index in [1.165, 1.54) is 0 Å². The zero-order valence-corrected chi connectivity index (χ0v) is 22.3. The van der Waals surface area contributed by atoms with Crippen LogP contribution in [0.25, 0.3) is 0 Å². The number of carbonyl (C=O) groups is 1. The maximum absolute atomic E-state index is 14.4. The van der Waals surface area contributed by atoms with Crippen LogP contribution in [0.5, 0.6) is 0 Å². The Hall–Kier alpha value is -0.420. The van der Waals surface area contributed by atoms with Gasteiger partial charge in [0.1, 0.15) is 0 Å². The molecular formula is C24H49N2O4P. The molecule has 0 aromatic rings. The molecule has 7 heteroatoms. The Balaban J connectivity index is 3.07. The summed E-state index contributed by atoms with van der Waals surface area (Å²) in [4.78, 5) is 12.1. The highest BCUT2D eigenvalue weighted by Crippen LogP contribution is 2.60. The van der Waals surface area contributed by atoms with Crippen LogP contribution >= 0.6 is 7.67 Å². The molecule has 1 fully saturated rings. The van der Waals surface area contributed by atoms with Crippen LogP contribution in [0.1, 0.15) is 106 Å². The topological polar surface area (TPSA) is 59.1 Å². The lowest BCUT2D eigenvalue weighted by Crippen LogP contribution is -2.50. The van der Waals surface area contributed by atoms with Crippen LogP contribution in [0.2, 0.25) is 0 Å². The number of carbonyl (C=O) groups excluding carboxylic acids is 1. The predicted octanol–water partition coefficient (Wildman–Crippen LogP) is 6.65. The van der Waals surface area contributed by atoms with Crippen molar-refractivity contribution in [2.45, 2.75) is 112 Å². The number of hydrogen-bond acceptors (Lipinski definition) is 4. The highest BCUT2D eigenvalue weighted by Gasteiger charge is 2.49. The SMILES string of the molecule is CCCCCN(CCCCC)P1(=O)OCCCN1C(C)(C)CC(C)(C)CC(=O)OCC. The minimum atomic E-state index is -3.12. The van der Waals surface area contributed by atoms with Gasteiger partial charge in [0.15, 0.2) is 0 Å². The van der Waals surface area contributed by atoms with Crippen molar-refractivity contribution in [1.82, 2.24) is 9.34 Å². The highest BCUT2D eigenvalue weighted by atomic mass is 31.2. The largest absolute Gasteiger partial charge is 0.466 e. The molecule has 0 radical (unpaired) electrons. The standard InChI is InChI=1S/C24H49N2O4P/c1-8-11-13-16-25(17-14-12-9-2)31(28)26(18-15-19-30-31)24(6,7)21-23(4,5)20-22(27)29-10-3/h8-21H2,1-7H3. The van der Waals surface area contributed by atoms with Crippen LogP contribution < -0.4 is 0 Å². The summed E-state index contributed by atoms with van der Waals surface area (Å²) in [6.45, 7) is 18.1. The maximum atomic E-state index is 14.4. The summed E-state index contributed by atoms with van der Waals surface area (Å²) in [6, 6.07) is 0. The number of nitrogens with zero attached hydrogens (tertiary/aromatic N) is 2. The van der Waals surface area contributed by atoms with E-state index in [4.69, 9.17) is 9.26 Å². The third-order valence-electron chi connectivity index (χ3n) is 6.01. The second-order valence-electron chi connectivity index (χ2n) is 10.3. The zero-order chi connectivity index (χ0) is 23.5. The molecule has 1 unspecified atom stereocenters. The monoisotopic (exact) mass is 460 g/mol. The third-order valence-corrected chi connectivity index (χ3v) is 9.00. The summed E-state index contributed by atoms with van der Waals surface area (Å²) >= 11 is 0. The number of rotatable bonds is 15. The average Bonchev–Trinajstić information content (AvgIpc) is 2.66. The van der Waals surface area contributed by atoms with Gasteiger partial charge in [-0.1, -0.05) is 53.4 Å². The lowest BCUT2D eigenvalue weighted by Gasteiger charge is -2.50. The molecule has 6 nitrogen and oxygen atoms in total. The van der Waals surface area contributed by atoms with Crippen LogP contribution in [0.15, 0.2) is 0 Å². The molecule has 0 saturated carbocycles. The van der Waals surface area contributed by atoms with Crippen molar-refractivity contribution in [3.63, 3.8) is 0 Å². The molecule has 1 heterocycles. The van der Waals surface area contributed by atoms with Crippen LogP contribution in [0.4, 0.5) is 0 Å². The molecule has 0 aromatic heterocycles. The molecule has 0 aliphatic carbocycles. The molecule has 0 aromatic carbocycles. The Labute approximate surface area is 192 Å².